The Morgan fingerprint density at radius 3 is 2.28 bits per heavy atom. The third-order valence-corrected chi connectivity index (χ3v) is 5.38. The van der Waals surface area contributed by atoms with Crippen LogP contribution in [0.5, 0.6) is 0 Å². The average molecular weight is 429 g/mol. The molecule has 0 radical (unpaired) electrons. The Morgan fingerprint density at radius 2 is 1.56 bits per heavy atom. The van der Waals surface area contributed by atoms with Crippen LogP contribution in [0.25, 0.3) is 22.0 Å². The van der Waals surface area contributed by atoms with Gasteiger partial charge in [0, 0.05) is 17.3 Å². The Hall–Kier alpha value is -3.58. The molecule has 1 heterocycles. The first-order chi connectivity index (χ1) is 15.5. The van der Waals surface area contributed by atoms with Crippen LogP contribution in [-0.2, 0) is 6.42 Å². The Balaban J connectivity index is 1.53. The molecule has 0 saturated heterocycles. The van der Waals surface area contributed by atoms with E-state index in [0.29, 0.717) is 27.6 Å². The van der Waals surface area contributed by atoms with Gasteiger partial charge < -0.3 is 0 Å². The van der Waals surface area contributed by atoms with Gasteiger partial charge in [-0.05, 0) is 71.6 Å². The Labute approximate surface area is 185 Å². The van der Waals surface area contributed by atoms with Crippen molar-refractivity contribution < 1.29 is 13.2 Å². The zero-order valence-corrected chi connectivity index (χ0v) is 17.8. The van der Waals surface area contributed by atoms with Gasteiger partial charge in [-0.3, -0.25) is 4.98 Å². The van der Waals surface area contributed by atoms with Crippen LogP contribution in [-0.4, -0.2) is 4.98 Å². The van der Waals surface area contributed by atoms with Gasteiger partial charge in [-0.1, -0.05) is 49.8 Å². The summed E-state index contributed by atoms with van der Waals surface area (Å²) in [6.07, 6.45) is 6.37. The minimum Gasteiger partial charge on any atom is -0.256 e. The number of aryl methyl sites for hydroxylation is 1. The van der Waals surface area contributed by atoms with E-state index in [9.17, 15) is 13.2 Å². The molecule has 3 aromatic carbocycles. The van der Waals surface area contributed by atoms with Crippen LogP contribution in [0.1, 0.15) is 42.9 Å². The number of hydrogen-bond donors (Lipinski definition) is 0. The maximum atomic E-state index is 14.7. The van der Waals surface area contributed by atoms with Crippen molar-refractivity contribution in [2.45, 2.75) is 32.6 Å². The molecule has 0 aliphatic rings. The van der Waals surface area contributed by atoms with Crippen molar-refractivity contribution in [3.63, 3.8) is 0 Å². The molecule has 0 bridgehead atoms. The first-order valence-electron chi connectivity index (χ1n) is 10.7. The fourth-order valence-corrected chi connectivity index (χ4v) is 3.56. The first-order valence-corrected chi connectivity index (χ1v) is 10.7. The number of halogens is 3. The predicted octanol–water partition coefficient (Wildman–Crippen LogP) is 7.45. The highest BCUT2D eigenvalue weighted by Gasteiger charge is 2.06. The molecular weight excluding hydrogens is 407 g/mol. The van der Waals surface area contributed by atoms with Crippen molar-refractivity contribution in [2.24, 2.45) is 0 Å². The van der Waals surface area contributed by atoms with Crippen LogP contribution < -0.4 is 0 Å². The van der Waals surface area contributed by atoms with E-state index in [0.717, 1.165) is 25.0 Å². The number of aromatic nitrogens is 1. The molecule has 0 saturated carbocycles. The molecule has 32 heavy (non-hydrogen) atoms. The van der Waals surface area contributed by atoms with E-state index in [1.54, 1.807) is 30.3 Å². The van der Waals surface area contributed by atoms with Crippen LogP contribution in [0.4, 0.5) is 13.2 Å². The van der Waals surface area contributed by atoms with Gasteiger partial charge in [-0.2, -0.15) is 0 Å². The topological polar surface area (TPSA) is 12.9 Å². The van der Waals surface area contributed by atoms with Crippen molar-refractivity contribution in [2.75, 3.05) is 0 Å². The van der Waals surface area contributed by atoms with Gasteiger partial charge in [-0.25, -0.2) is 13.2 Å². The van der Waals surface area contributed by atoms with Crippen molar-refractivity contribution >= 4 is 10.8 Å². The van der Waals surface area contributed by atoms with Crippen LogP contribution in [0, 0.1) is 29.3 Å². The second-order valence-corrected chi connectivity index (χ2v) is 7.78. The smallest absolute Gasteiger partial charge is 0.159 e. The Morgan fingerprint density at radius 1 is 0.750 bits per heavy atom. The standard InChI is InChI=1S/C28H22F3N/c1-2-3-4-5-20-8-13-28(32-18-20)23-12-11-21(25(29)16-23)9-6-19-7-10-22-15-26(30)27(31)17-24(22)14-19/h7-8,10-18H,2-5H2,1H3. The van der Waals surface area contributed by atoms with Gasteiger partial charge >= 0.3 is 0 Å². The maximum Gasteiger partial charge on any atom is 0.159 e. The van der Waals surface area contributed by atoms with Gasteiger partial charge in [0.2, 0.25) is 0 Å². The minimum absolute atomic E-state index is 0.260. The average Bonchev–Trinajstić information content (AvgIpc) is 2.80. The monoisotopic (exact) mass is 429 g/mol. The van der Waals surface area contributed by atoms with Gasteiger partial charge in [-0.15, -0.1) is 0 Å². The van der Waals surface area contributed by atoms with E-state index >= 15 is 0 Å². The Kier molecular flexibility index (Phi) is 6.56. The van der Waals surface area contributed by atoms with Gasteiger partial charge in [0.25, 0.3) is 0 Å². The van der Waals surface area contributed by atoms with E-state index in [4.69, 9.17) is 0 Å². The third kappa shape index (κ3) is 5.00. The van der Waals surface area contributed by atoms with Crippen LogP contribution in [0.3, 0.4) is 0 Å². The summed E-state index contributed by atoms with van der Waals surface area (Å²) in [6, 6.07) is 16.1. The van der Waals surface area contributed by atoms with Crippen LogP contribution in [0.15, 0.2) is 66.9 Å². The highest BCUT2D eigenvalue weighted by atomic mass is 19.2. The van der Waals surface area contributed by atoms with Crippen molar-refractivity contribution in [3.05, 3.63) is 101 Å². The van der Waals surface area contributed by atoms with Crippen LogP contribution in [0.2, 0.25) is 0 Å². The van der Waals surface area contributed by atoms with Gasteiger partial charge in [0.15, 0.2) is 11.6 Å². The molecule has 0 amide bonds. The van der Waals surface area contributed by atoms with Crippen molar-refractivity contribution in [1.82, 2.24) is 4.98 Å². The molecule has 1 nitrogen and oxygen atoms in total. The van der Waals surface area contributed by atoms with E-state index in [1.165, 1.54) is 24.5 Å². The highest BCUT2D eigenvalue weighted by Crippen LogP contribution is 2.22. The molecule has 0 atom stereocenters. The molecule has 0 aliphatic carbocycles. The summed E-state index contributed by atoms with van der Waals surface area (Å²) < 4.78 is 41.5. The molecular formula is C28H22F3N. The zero-order valence-electron chi connectivity index (χ0n) is 17.8. The number of nitrogens with zero attached hydrogens (tertiary/aromatic N) is 1. The highest BCUT2D eigenvalue weighted by molar-refractivity contribution is 5.84. The van der Waals surface area contributed by atoms with Crippen molar-refractivity contribution in [1.29, 1.82) is 0 Å². The van der Waals surface area contributed by atoms with Crippen molar-refractivity contribution in [3.8, 4) is 23.1 Å². The predicted molar refractivity (Wildman–Crippen MR) is 123 cm³/mol. The molecule has 1 aromatic heterocycles. The fraction of sp³-hybridized carbons (Fsp3) is 0.179. The minimum atomic E-state index is -0.910. The summed E-state index contributed by atoms with van der Waals surface area (Å²) in [7, 11) is 0. The first kappa shape index (κ1) is 21.6. The number of pyridine rings is 1. The molecule has 160 valence electrons. The molecule has 4 heteroatoms. The lowest BCUT2D eigenvalue weighted by atomic mass is 10.0. The quantitative estimate of drug-likeness (QED) is 0.237. The number of benzene rings is 3. The summed E-state index contributed by atoms with van der Waals surface area (Å²) >= 11 is 0. The number of rotatable bonds is 5. The fourth-order valence-electron chi connectivity index (χ4n) is 3.56. The number of fused-ring (bicyclic) bond motifs is 1. The summed E-state index contributed by atoms with van der Waals surface area (Å²) in [5.41, 5.74) is 3.44. The normalized spacial score (nSPS) is 10.8. The molecule has 0 aliphatic heterocycles. The molecule has 0 N–H and O–H groups in total. The second kappa shape index (κ2) is 9.70. The SMILES string of the molecule is CCCCCc1ccc(-c2ccc(C#Cc3ccc4cc(F)c(F)cc4c3)c(F)c2)nc1. The molecule has 0 unspecified atom stereocenters. The molecule has 0 fully saturated rings. The third-order valence-electron chi connectivity index (χ3n) is 5.38. The molecule has 0 spiro atoms. The van der Waals surface area contributed by atoms with Gasteiger partial charge in [0.05, 0.1) is 11.3 Å². The summed E-state index contributed by atoms with van der Waals surface area (Å²) in [5.74, 6) is 3.49. The summed E-state index contributed by atoms with van der Waals surface area (Å²) in [6.45, 7) is 2.18. The lowest BCUT2D eigenvalue weighted by Gasteiger charge is -2.05. The zero-order chi connectivity index (χ0) is 22.5. The lowest BCUT2D eigenvalue weighted by Crippen LogP contribution is -1.91. The van der Waals surface area contributed by atoms with Gasteiger partial charge in [0.1, 0.15) is 5.82 Å². The van der Waals surface area contributed by atoms with Crippen LogP contribution >= 0.6 is 0 Å². The molecule has 4 rings (SSSR count). The maximum absolute atomic E-state index is 14.7. The van der Waals surface area contributed by atoms with E-state index in [1.807, 2.05) is 18.3 Å². The lowest BCUT2D eigenvalue weighted by molar-refractivity contribution is 0.511. The summed E-state index contributed by atoms with van der Waals surface area (Å²) in [5, 5.41) is 1.12. The summed E-state index contributed by atoms with van der Waals surface area (Å²) in [4.78, 5) is 4.47. The molecule has 4 aromatic rings. The van der Waals surface area contributed by atoms with E-state index < -0.39 is 17.5 Å². The van der Waals surface area contributed by atoms with E-state index in [2.05, 4.69) is 23.7 Å². The number of unbranched alkanes of at least 4 members (excludes halogenated alkanes) is 2. The van der Waals surface area contributed by atoms with E-state index in [-0.39, 0.29) is 5.56 Å². The number of hydrogen-bond acceptors (Lipinski definition) is 1. The second-order valence-electron chi connectivity index (χ2n) is 7.78. The Bertz CT molecular complexity index is 1310. The largest absolute Gasteiger partial charge is 0.256 e.